The molecule has 0 aromatic heterocycles. The normalized spacial score (nSPS) is 17.1. The number of hydrogen-bond acceptors (Lipinski definition) is 5. The number of hydrogen-bond donors (Lipinski definition) is 1. The van der Waals surface area contributed by atoms with Gasteiger partial charge in [-0.2, -0.15) is 0 Å². The molecule has 9 nitrogen and oxygen atoms in total. The van der Waals surface area contributed by atoms with E-state index in [0.29, 0.717) is 44.8 Å². The number of nitro benzene ring substituents is 1. The zero-order chi connectivity index (χ0) is 19.2. The SMILES string of the molecule is O=C(CCNC(=O)N1CCN(c2ccccc2[N+](=O)[O-])CC1)N1CCCC1. The Morgan fingerprint density at radius 1 is 1.00 bits per heavy atom. The molecule has 2 saturated heterocycles. The molecular weight excluding hydrogens is 350 g/mol. The maximum atomic E-state index is 12.3. The van der Waals surface area contributed by atoms with Crippen LogP contribution in [0.5, 0.6) is 0 Å². The van der Waals surface area contributed by atoms with Crippen molar-refractivity contribution in [2.45, 2.75) is 19.3 Å². The lowest BCUT2D eigenvalue weighted by molar-refractivity contribution is -0.384. The molecule has 2 heterocycles. The molecule has 0 aliphatic carbocycles. The Bertz CT molecular complexity index is 697. The van der Waals surface area contributed by atoms with Gasteiger partial charge in [0.25, 0.3) is 5.69 Å². The summed E-state index contributed by atoms with van der Waals surface area (Å²) in [6.07, 6.45) is 2.44. The summed E-state index contributed by atoms with van der Waals surface area (Å²) >= 11 is 0. The largest absolute Gasteiger partial charge is 0.362 e. The van der Waals surface area contributed by atoms with Gasteiger partial charge < -0.3 is 20.0 Å². The van der Waals surface area contributed by atoms with Crippen molar-refractivity contribution in [1.82, 2.24) is 15.1 Å². The van der Waals surface area contributed by atoms with E-state index in [1.807, 2.05) is 9.80 Å². The predicted octanol–water partition coefficient (Wildman–Crippen LogP) is 1.44. The second kappa shape index (κ2) is 8.70. The van der Waals surface area contributed by atoms with E-state index < -0.39 is 0 Å². The van der Waals surface area contributed by atoms with Gasteiger partial charge in [-0.05, 0) is 18.9 Å². The number of carbonyl (C=O) groups is 2. The maximum Gasteiger partial charge on any atom is 0.317 e. The van der Waals surface area contributed by atoms with Crippen molar-refractivity contribution in [3.8, 4) is 0 Å². The lowest BCUT2D eigenvalue weighted by atomic mass is 10.2. The summed E-state index contributed by atoms with van der Waals surface area (Å²) in [4.78, 5) is 40.5. The highest BCUT2D eigenvalue weighted by Crippen LogP contribution is 2.28. The molecule has 0 radical (unpaired) electrons. The molecule has 0 bridgehead atoms. The number of para-hydroxylation sites is 2. The van der Waals surface area contributed by atoms with Crippen molar-refractivity contribution >= 4 is 23.3 Å². The molecule has 146 valence electrons. The van der Waals surface area contributed by atoms with Crippen LogP contribution in [0.3, 0.4) is 0 Å². The van der Waals surface area contributed by atoms with E-state index in [4.69, 9.17) is 0 Å². The van der Waals surface area contributed by atoms with Gasteiger partial charge in [0.2, 0.25) is 5.91 Å². The van der Waals surface area contributed by atoms with Crippen LogP contribution in [0.1, 0.15) is 19.3 Å². The minimum Gasteiger partial charge on any atom is -0.362 e. The number of rotatable bonds is 5. The zero-order valence-electron chi connectivity index (χ0n) is 15.3. The van der Waals surface area contributed by atoms with E-state index in [1.165, 1.54) is 6.07 Å². The number of benzene rings is 1. The third-order valence-electron chi connectivity index (χ3n) is 5.06. The van der Waals surface area contributed by atoms with Crippen molar-refractivity contribution < 1.29 is 14.5 Å². The van der Waals surface area contributed by atoms with Gasteiger partial charge in [0.05, 0.1) is 4.92 Å². The number of likely N-dealkylation sites (tertiary alicyclic amines) is 1. The molecular formula is C18H25N5O4. The standard InChI is InChI=1S/C18H25N5O4/c24-17(21-9-3-4-10-21)7-8-19-18(25)22-13-11-20(12-14-22)15-5-1-2-6-16(15)23(26)27/h1-2,5-6H,3-4,7-14H2,(H,19,25). The Morgan fingerprint density at radius 3 is 2.33 bits per heavy atom. The molecule has 0 saturated carbocycles. The average molecular weight is 375 g/mol. The first-order valence-corrected chi connectivity index (χ1v) is 9.35. The number of urea groups is 1. The molecule has 1 aromatic carbocycles. The molecule has 1 N–H and O–H groups in total. The summed E-state index contributed by atoms with van der Waals surface area (Å²) < 4.78 is 0. The van der Waals surface area contributed by atoms with Crippen LogP contribution in [0.2, 0.25) is 0 Å². The summed E-state index contributed by atoms with van der Waals surface area (Å²) in [6, 6.07) is 6.46. The van der Waals surface area contributed by atoms with Crippen molar-refractivity contribution in [2.75, 3.05) is 50.7 Å². The number of amides is 3. The van der Waals surface area contributed by atoms with E-state index >= 15 is 0 Å². The summed E-state index contributed by atoms with van der Waals surface area (Å²) in [5.74, 6) is 0.0917. The van der Waals surface area contributed by atoms with E-state index in [0.717, 1.165) is 25.9 Å². The smallest absolute Gasteiger partial charge is 0.317 e. The minimum atomic E-state index is -0.383. The zero-order valence-corrected chi connectivity index (χ0v) is 15.3. The summed E-state index contributed by atoms with van der Waals surface area (Å²) in [5, 5.41) is 14.0. The van der Waals surface area contributed by atoms with E-state index in [9.17, 15) is 19.7 Å². The van der Waals surface area contributed by atoms with Crippen LogP contribution in [0.4, 0.5) is 16.2 Å². The van der Waals surface area contributed by atoms with Gasteiger partial charge in [-0.1, -0.05) is 12.1 Å². The first-order valence-electron chi connectivity index (χ1n) is 9.35. The van der Waals surface area contributed by atoms with Crippen LogP contribution in [-0.4, -0.2) is 72.5 Å². The fraction of sp³-hybridized carbons (Fsp3) is 0.556. The van der Waals surface area contributed by atoms with E-state index in [-0.39, 0.29) is 22.5 Å². The van der Waals surface area contributed by atoms with Gasteiger partial charge in [-0.25, -0.2) is 4.79 Å². The highest BCUT2D eigenvalue weighted by molar-refractivity contribution is 5.78. The Labute approximate surface area is 158 Å². The lowest BCUT2D eigenvalue weighted by Gasteiger charge is -2.35. The molecule has 3 amide bonds. The lowest BCUT2D eigenvalue weighted by Crippen LogP contribution is -2.52. The number of nitrogens with zero attached hydrogens (tertiary/aromatic N) is 4. The number of nitrogens with one attached hydrogen (secondary N) is 1. The van der Waals surface area contributed by atoms with Crippen molar-refractivity contribution in [2.24, 2.45) is 0 Å². The van der Waals surface area contributed by atoms with Crippen molar-refractivity contribution in [3.63, 3.8) is 0 Å². The van der Waals surface area contributed by atoms with Crippen LogP contribution in [0.25, 0.3) is 0 Å². The van der Waals surface area contributed by atoms with Crippen LogP contribution < -0.4 is 10.2 Å². The third kappa shape index (κ3) is 4.66. The molecule has 0 spiro atoms. The van der Waals surface area contributed by atoms with Gasteiger partial charge in [-0.15, -0.1) is 0 Å². The number of piperazine rings is 1. The number of nitro groups is 1. The van der Waals surface area contributed by atoms with Crippen molar-refractivity contribution in [1.29, 1.82) is 0 Å². The quantitative estimate of drug-likeness (QED) is 0.620. The topological polar surface area (TPSA) is 99.0 Å². The third-order valence-corrected chi connectivity index (χ3v) is 5.06. The van der Waals surface area contributed by atoms with Crippen LogP contribution >= 0.6 is 0 Å². The highest BCUT2D eigenvalue weighted by atomic mass is 16.6. The molecule has 0 unspecified atom stereocenters. The molecule has 3 rings (SSSR count). The van der Waals surface area contributed by atoms with Gasteiger partial charge in [0.15, 0.2) is 0 Å². The number of carbonyl (C=O) groups excluding carboxylic acids is 2. The van der Waals surface area contributed by atoms with Crippen molar-refractivity contribution in [3.05, 3.63) is 34.4 Å². The molecule has 1 aromatic rings. The fourth-order valence-corrected chi connectivity index (χ4v) is 3.55. The monoisotopic (exact) mass is 375 g/mol. The maximum absolute atomic E-state index is 12.3. The highest BCUT2D eigenvalue weighted by Gasteiger charge is 2.25. The Kier molecular flexibility index (Phi) is 6.10. The van der Waals surface area contributed by atoms with Gasteiger partial charge >= 0.3 is 6.03 Å². The Hall–Kier alpha value is -2.84. The second-order valence-electron chi connectivity index (χ2n) is 6.79. The molecule has 0 atom stereocenters. The summed E-state index contributed by atoms with van der Waals surface area (Å²) in [6.45, 7) is 4.01. The van der Waals surface area contributed by atoms with Gasteiger partial charge in [0, 0.05) is 58.3 Å². The molecule has 2 fully saturated rings. The molecule has 2 aliphatic rings. The Balaban J connectivity index is 1.44. The molecule has 9 heteroatoms. The number of anilines is 1. The van der Waals surface area contributed by atoms with Crippen LogP contribution in [-0.2, 0) is 4.79 Å². The first kappa shape index (κ1) is 18.9. The average Bonchev–Trinajstić information content (AvgIpc) is 3.23. The summed E-state index contributed by atoms with van der Waals surface area (Å²) in [5.41, 5.74) is 0.662. The van der Waals surface area contributed by atoms with E-state index in [2.05, 4.69) is 5.32 Å². The predicted molar refractivity (Wildman–Crippen MR) is 101 cm³/mol. The van der Waals surface area contributed by atoms with Gasteiger partial charge in [0.1, 0.15) is 5.69 Å². The molecule has 2 aliphatic heterocycles. The Morgan fingerprint density at radius 2 is 1.67 bits per heavy atom. The van der Waals surface area contributed by atoms with Crippen LogP contribution in [0, 0.1) is 10.1 Å². The van der Waals surface area contributed by atoms with E-state index in [1.54, 1.807) is 23.1 Å². The second-order valence-corrected chi connectivity index (χ2v) is 6.79. The first-order chi connectivity index (χ1) is 13.1. The van der Waals surface area contributed by atoms with Gasteiger partial charge in [-0.3, -0.25) is 14.9 Å². The fourth-order valence-electron chi connectivity index (χ4n) is 3.55. The molecule has 27 heavy (non-hydrogen) atoms. The summed E-state index contributed by atoms with van der Waals surface area (Å²) in [7, 11) is 0. The van der Waals surface area contributed by atoms with Crippen LogP contribution in [0.15, 0.2) is 24.3 Å². The minimum absolute atomic E-state index is 0.0795.